The van der Waals surface area contributed by atoms with Gasteiger partial charge in [0, 0.05) is 16.6 Å². The Balaban J connectivity index is 3.20. The average Bonchev–Trinajstić information content (AvgIpc) is 2.15. The van der Waals surface area contributed by atoms with Crippen molar-refractivity contribution in [2.75, 3.05) is 0 Å². The minimum atomic E-state index is -1.26. The third-order valence-electron chi connectivity index (χ3n) is 1.74. The maximum absolute atomic E-state index is 10.6. The van der Waals surface area contributed by atoms with Crippen molar-refractivity contribution in [2.45, 2.75) is 6.04 Å². The van der Waals surface area contributed by atoms with E-state index in [1.54, 1.807) is 0 Å². The minimum Gasteiger partial charge on any atom is -0.480 e. The van der Waals surface area contributed by atoms with Crippen molar-refractivity contribution in [2.24, 2.45) is 5.73 Å². The number of nitro groups is 1. The Morgan fingerprint density at radius 3 is 2.60 bits per heavy atom. The lowest BCUT2D eigenvalue weighted by Crippen LogP contribution is -2.20. The van der Waals surface area contributed by atoms with Crippen LogP contribution in [0.15, 0.2) is 22.7 Å². The molecule has 0 radical (unpaired) electrons. The molecule has 0 bridgehead atoms. The van der Waals surface area contributed by atoms with Gasteiger partial charge in [-0.1, -0.05) is 15.9 Å². The third-order valence-corrected chi connectivity index (χ3v) is 2.20. The van der Waals surface area contributed by atoms with Gasteiger partial charge in [0.2, 0.25) is 0 Å². The number of rotatable bonds is 3. The van der Waals surface area contributed by atoms with E-state index in [0.717, 1.165) is 6.07 Å². The summed E-state index contributed by atoms with van der Waals surface area (Å²) in [6.07, 6.45) is 0. The van der Waals surface area contributed by atoms with Crippen molar-refractivity contribution >= 4 is 27.6 Å². The fourth-order valence-electron chi connectivity index (χ4n) is 1.02. The number of non-ortho nitro benzene ring substituents is 1. The van der Waals surface area contributed by atoms with Crippen molar-refractivity contribution in [1.29, 1.82) is 0 Å². The topological polar surface area (TPSA) is 106 Å². The summed E-state index contributed by atoms with van der Waals surface area (Å²) >= 11 is 3.05. The Morgan fingerprint density at radius 2 is 2.13 bits per heavy atom. The summed E-state index contributed by atoms with van der Waals surface area (Å²) in [5, 5.41) is 19.1. The van der Waals surface area contributed by atoms with Crippen LogP contribution in [0.3, 0.4) is 0 Å². The summed E-state index contributed by atoms with van der Waals surface area (Å²) in [5.41, 5.74) is 5.32. The van der Waals surface area contributed by atoms with Crippen LogP contribution in [0.4, 0.5) is 5.69 Å². The largest absolute Gasteiger partial charge is 0.480 e. The van der Waals surface area contributed by atoms with Crippen LogP contribution < -0.4 is 5.73 Å². The van der Waals surface area contributed by atoms with Crippen molar-refractivity contribution < 1.29 is 14.8 Å². The van der Waals surface area contributed by atoms with Gasteiger partial charge in [-0.2, -0.15) is 0 Å². The van der Waals surface area contributed by atoms with Gasteiger partial charge in [-0.3, -0.25) is 14.9 Å². The van der Waals surface area contributed by atoms with Crippen LogP contribution >= 0.6 is 15.9 Å². The van der Waals surface area contributed by atoms with Crippen molar-refractivity contribution in [3.8, 4) is 0 Å². The maximum atomic E-state index is 10.6. The third kappa shape index (κ3) is 2.74. The van der Waals surface area contributed by atoms with E-state index in [4.69, 9.17) is 10.8 Å². The Hall–Kier alpha value is -1.47. The lowest BCUT2D eigenvalue weighted by atomic mass is 10.1. The summed E-state index contributed by atoms with van der Waals surface area (Å²) < 4.78 is 0.420. The molecule has 15 heavy (non-hydrogen) atoms. The number of nitro benzene ring substituents is 1. The van der Waals surface area contributed by atoms with E-state index < -0.39 is 16.9 Å². The second kappa shape index (κ2) is 4.37. The molecule has 80 valence electrons. The first kappa shape index (κ1) is 11.6. The molecule has 1 rings (SSSR count). The number of carboxylic acids is 1. The molecule has 0 amide bonds. The van der Waals surface area contributed by atoms with Crippen LogP contribution in [0.1, 0.15) is 11.6 Å². The number of carboxylic acid groups (broad SMARTS) is 1. The SMILES string of the molecule is NC(C(=O)O)c1cc(Br)cc([N+](=O)[O-])c1. The van der Waals surface area contributed by atoms with Gasteiger partial charge in [0.25, 0.3) is 5.69 Å². The number of nitrogens with zero attached hydrogens (tertiary/aromatic N) is 1. The molecule has 0 aliphatic rings. The lowest BCUT2D eigenvalue weighted by molar-refractivity contribution is -0.385. The summed E-state index contributed by atoms with van der Waals surface area (Å²) in [7, 11) is 0. The lowest BCUT2D eigenvalue weighted by Gasteiger charge is -2.06. The number of aliphatic carboxylic acids is 1. The summed E-state index contributed by atoms with van der Waals surface area (Å²) in [6, 6.07) is 2.59. The highest BCUT2D eigenvalue weighted by Crippen LogP contribution is 2.24. The Kier molecular flexibility index (Phi) is 3.38. The fraction of sp³-hybridized carbons (Fsp3) is 0.125. The molecule has 0 aromatic heterocycles. The number of hydrogen-bond acceptors (Lipinski definition) is 4. The highest BCUT2D eigenvalue weighted by Gasteiger charge is 2.18. The van der Waals surface area contributed by atoms with E-state index in [2.05, 4.69) is 15.9 Å². The first-order valence-electron chi connectivity index (χ1n) is 3.85. The molecule has 1 atom stereocenters. The number of hydrogen-bond donors (Lipinski definition) is 2. The van der Waals surface area contributed by atoms with Crippen molar-refractivity contribution in [3.05, 3.63) is 38.3 Å². The van der Waals surface area contributed by atoms with Crippen molar-refractivity contribution in [3.63, 3.8) is 0 Å². The second-order valence-corrected chi connectivity index (χ2v) is 3.73. The Morgan fingerprint density at radius 1 is 1.53 bits per heavy atom. The van der Waals surface area contributed by atoms with Crippen LogP contribution in [-0.4, -0.2) is 16.0 Å². The van der Waals surface area contributed by atoms with Gasteiger partial charge in [-0.25, -0.2) is 0 Å². The summed E-state index contributed by atoms with van der Waals surface area (Å²) in [5.74, 6) is -1.23. The molecule has 1 unspecified atom stereocenters. The zero-order valence-corrected chi connectivity index (χ0v) is 8.97. The van der Waals surface area contributed by atoms with E-state index in [9.17, 15) is 14.9 Å². The summed E-state index contributed by atoms with van der Waals surface area (Å²) in [4.78, 5) is 20.5. The molecule has 0 heterocycles. The monoisotopic (exact) mass is 274 g/mol. The van der Waals surface area contributed by atoms with Gasteiger partial charge in [-0.15, -0.1) is 0 Å². The van der Waals surface area contributed by atoms with Crippen LogP contribution in [-0.2, 0) is 4.79 Å². The smallest absolute Gasteiger partial charge is 0.325 e. The predicted molar refractivity (Wildman–Crippen MR) is 55.4 cm³/mol. The van der Waals surface area contributed by atoms with Crippen LogP contribution in [0, 0.1) is 10.1 Å². The van der Waals surface area contributed by atoms with E-state index in [0.29, 0.717) is 4.47 Å². The molecule has 0 fully saturated rings. The number of halogens is 1. The van der Waals surface area contributed by atoms with Gasteiger partial charge in [0.15, 0.2) is 0 Å². The summed E-state index contributed by atoms with van der Waals surface area (Å²) in [6.45, 7) is 0. The molecule has 3 N–H and O–H groups in total. The molecule has 0 saturated heterocycles. The molecule has 0 aliphatic heterocycles. The minimum absolute atomic E-state index is 0.184. The first-order chi connectivity index (χ1) is 6.91. The molecule has 6 nitrogen and oxygen atoms in total. The second-order valence-electron chi connectivity index (χ2n) is 2.82. The van der Waals surface area contributed by atoms with Crippen LogP contribution in [0.5, 0.6) is 0 Å². The number of nitrogens with two attached hydrogens (primary N) is 1. The molecular formula is C8H7BrN2O4. The zero-order valence-electron chi connectivity index (χ0n) is 7.38. The van der Waals surface area contributed by atoms with Crippen molar-refractivity contribution in [1.82, 2.24) is 0 Å². The van der Waals surface area contributed by atoms with E-state index in [1.165, 1.54) is 12.1 Å². The van der Waals surface area contributed by atoms with E-state index in [-0.39, 0.29) is 11.3 Å². The highest BCUT2D eigenvalue weighted by atomic mass is 79.9. The van der Waals surface area contributed by atoms with E-state index >= 15 is 0 Å². The zero-order chi connectivity index (χ0) is 11.6. The normalized spacial score (nSPS) is 12.1. The van der Waals surface area contributed by atoms with Gasteiger partial charge < -0.3 is 10.8 Å². The average molecular weight is 275 g/mol. The number of benzene rings is 1. The first-order valence-corrected chi connectivity index (χ1v) is 4.64. The number of carbonyl (C=O) groups is 1. The van der Waals surface area contributed by atoms with E-state index in [1.807, 2.05) is 0 Å². The molecule has 7 heteroatoms. The maximum Gasteiger partial charge on any atom is 0.325 e. The molecule has 0 spiro atoms. The van der Waals surface area contributed by atoms with Gasteiger partial charge in [-0.05, 0) is 11.6 Å². The molecular weight excluding hydrogens is 268 g/mol. The predicted octanol–water partition coefficient (Wildman–Crippen LogP) is 1.44. The molecule has 1 aromatic rings. The quantitative estimate of drug-likeness (QED) is 0.641. The highest BCUT2D eigenvalue weighted by molar-refractivity contribution is 9.10. The van der Waals surface area contributed by atoms with Crippen LogP contribution in [0.2, 0.25) is 0 Å². The standard InChI is InChI=1S/C8H7BrN2O4/c9-5-1-4(7(10)8(12)13)2-6(3-5)11(14)15/h1-3,7H,10H2,(H,12,13). The molecule has 1 aromatic carbocycles. The molecule has 0 saturated carbocycles. The van der Waals surface area contributed by atoms with Gasteiger partial charge >= 0.3 is 5.97 Å². The molecule has 0 aliphatic carbocycles. The Bertz CT molecular complexity index is 421. The Labute approximate surface area is 93.0 Å². The van der Waals surface area contributed by atoms with Gasteiger partial charge in [0.05, 0.1) is 4.92 Å². The van der Waals surface area contributed by atoms with Crippen LogP contribution in [0.25, 0.3) is 0 Å². The fourth-order valence-corrected chi connectivity index (χ4v) is 1.52. The van der Waals surface area contributed by atoms with Gasteiger partial charge in [0.1, 0.15) is 6.04 Å².